The number of ketones is 1. The summed E-state index contributed by atoms with van der Waals surface area (Å²) in [5, 5.41) is 10.8. The second kappa shape index (κ2) is 5.66. The molecule has 2 rings (SSSR count). The van der Waals surface area contributed by atoms with Crippen LogP contribution in [0.3, 0.4) is 0 Å². The van der Waals surface area contributed by atoms with Crippen molar-refractivity contribution in [3.05, 3.63) is 57.2 Å². The van der Waals surface area contributed by atoms with Crippen LogP contribution in [0.5, 0.6) is 11.6 Å². The van der Waals surface area contributed by atoms with E-state index in [1.807, 2.05) is 0 Å². The Morgan fingerprint density at radius 2 is 2.10 bits per heavy atom. The number of rotatable bonds is 4. The monoisotopic (exact) mass is 292 g/mol. The van der Waals surface area contributed by atoms with Crippen LogP contribution in [0.15, 0.2) is 36.5 Å². The normalized spacial score (nSPS) is 10.1. The number of pyridine rings is 1. The third-order valence-corrected chi connectivity index (χ3v) is 2.78. The number of ether oxygens (including phenoxy) is 1. The molecule has 7 heteroatoms. The smallest absolute Gasteiger partial charge is 0.287 e. The number of hydrogen-bond acceptors (Lipinski definition) is 5. The summed E-state index contributed by atoms with van der Waals surface area (Å²) in [6.45, 7) is 1.43. The molecule has 102 valence electrons. The zero-order valence-electron chi connectivity index (χ0n) is 10.4. The Bertz CT molecular complexity index is 671. The summed E-state index contributed by atoms with van der Waals surface area (Å²) in [7, 11) is 0. The third-order valence-electron chi connectivity index (χ3n) is 2.48. The lowest BCUT2D eigenvalue weighted by molar-refractivity contribution is -0.385. The number of nitrogens with zero attached hydrogens (tertiary/aromatic N) is 2. The quantitative estimate of drug-likeness (QED) is 0.488. The molecular weight excluding hydrogens is 284 g/mol. The number of Topliss-reactive ketones (excluding diaryl/α,β-unsaturated/α-hetero) is 1. The lowest BCUT2D eigenvalue weighted by Gasteiger charge is -2.07. The van der Waals surface area contributed by atoms with E-state index in [0.717, 1.165) is 6.20 Å². The van der Waals surface area contributed by atoms with Crippen LogP contribution < -0.4 is 4.74 Å². The van der Waals surface area contributed by atoms with Gasteiger partial charge in [-0.15, -0.1) is 0 Å². The van der Waals surface area contributed by atoms with E-state index < -0.39 is 4.92 Å². The molecule has 2 aromatic rings. The average Bonchev–Trinajstić information content (AvgIpc) is 2.41. The highest BCUT2D eigenvalue weighted by atomic mass is 35.5. The highest BCUT2D eigenvalue weighted by Gasteiger charge is 2.10. The highest BCUT2D eigenvalue weighted by molar-refractivity contribution is 6.32. The van der Waals surface area contributed by atoms with E-state index in [1.54, 1.807) is 12.1 Å². The van der Waals surface area contributed by atoms with Gasteiger partial charge in [0.1, 0.15) is 11.9 Å². The Kier molecular flexibility index (Phi) is 3.95. The van der Waals surface area contributed by atoms with E-state index in [4.69, 9.17) is 16.3 Å². The summed E-state index contributed by atoms with van der Waals surface area (Å²) in [5.74, 6) is 0.387. The van der Waals surface area contributed by atoms with Gasteiger partial charge in [-0.05, 0) is 25.1 Å². The maximum atomic E-state index is 11.2. The van der Waals surface area contributed by atoms with Gasteiger partial charge in [0.25, 0.3) is 5.69 Å². The van der Waals surface area contributed by atoms with Crippen molar-refractivity contribution in [2.24, 2.45) is 0 Å². The minimum absolute atomic E-state index is 0.105. The molecule has 0 aliphatic rings. The van der Waals surface area contributed by atoms with E-state index in [-0.39, 0.29) is 22.4 Å². The van der Waals surface area contributed by atoms with E-state index in [0.29, 0.717) is 11.3 Å². The fourth-order valence-electron chi connectivity index (χ4n) is 1.46. The summed E-state index contributed by atoms with van der Waals surface area (Å²) in [6, 6.07) is 7.26. The van der Waals surface area contributed by atoms with Gasteiger partial charge in [-0.2, -0.15) is 0 Å². The van der Waals surface area contributed by atoms with Gasteiger partial charge in [-0.1, -0.05) is 11.6 Å². The van der Waals surface area contributed by atoms with E-state index in [1.165, 1.54) is 25.1 Å². The number of hydrogen-bond donors (Lipinski definition) is 0. The predicted molar refractivity (Wildman–Crippen MR) is 72.4 cm³/mol. The van der Waals surface area contributed by atoms with Crippen LogP contribution in [0.2, 0.25) is 5.02 Å². The number of aromatic nitrogens is 1. The van der Waals surface area contributed by atoms with Crippen LogP contribution in [0.25, 0.3) is 0 Å². The first kappa shape index (κ1) is 14.0. The summed E-state index contributed by atoms with van der Waals surface area (Å²) in [6.07, 6.45) is 1.09. The van der Waals surface area contributed by atoms with Crippen molar-refractivity contribution in [3.8, 4) is 11.6 Å². The minimum Gasteiger partial charge on any atom is -0.437 e. The predicted octanol–water partition coefficient (Wildman–Crippen LogP) is 3.64. The third kappa shape index (κ3) is 3.10. The molecule has 0 radical (unpaired) electrons. The second-order valence-electron chi connectivity index (χ2n) is 3.92. The van der Waals surface area contributed by atoms with E-state index >= 15 is 0 Å². The molecule has 0 fully saturated rings. The zero-order valence-corrected chi connectivity index (χ0v) is 11.1. The first-order chi connectivity index (χ1) is 9.47. The Morgan fingerprint density at radius 1 is 1.35 bits per heavy atom. The molecule has 0 aliphatic heterocycles. The molecule has 0 unspecified atom stereocenters. The van der Waals surface area contributed by atoms with Crippen LogP contribution in [0.1, 0.15) is 17.3 Å². The second-order valence-corrected chi connectivity index (χ2v) is 4.32. The molecule has 0 N–H and O–H groups in total. The van der Waals surface area contributed by atoms with Crippen molar-refractivity contribution in [3.63, 3.8) is 0 Å². The van der Waals surface area contributed by atoms with Gasteiger partial charge in [-0.3, -0.25) is 14.9 Å². The minimum atomic E-state index is -0.550. The SMILES string of the molecule is CC(=O)c1ccc(Oc2ccc([N+](=O)[O-])cn2)c(Cl)c1. The molecule has 0 amide bonds. The molecule has 0 aliphatic carbocycles. The van der Waals surface area contributed by atoms with E-state index in [2.05, 4.69) is 4.98 Å². The van der Waals surface area contributed by atoms with Gasteiger partial charge in [-0.25, -0.2) is 4.98 Å². The molecule has 0 saturated carbocycles. The molecule has 0 spiro atoms. The molecule has 0 saturated heterocycles. The number of carbonyl (C=O) groups is 1. The molecule has 20 heavy (non-hydrogen) atoms. The van der Waals surface area contributed by atoms with Crippen LogP contribution in [0, 0.1) is 10.1 Å². The molecule has 1 aromatic carbocycles. The fraction of sp³-hybridized carbons (Fsp3) is 0.0769. The van der Waals surface area contributed by atoms with Crippen molar-refractivity contribution < 1.29 is 14.5 Å². The van der Waals surface area contributed by atoms with Crippen molar-refractivity contribution in [2.75, 3.05) is 0 Å². The standard InChI is InChI=1S/C13H9ClN2O4/c1-8(17)9-2-4-12(11(14)6-9)20-13-5-3-10(7-15-13)16(18)19/h2-7H,1H3. The maximum absolute atomic E-state index is 11.2. The van der Waals surface area contributed by atoms with Gasteiger partial charge in [0.05, 0.1) is 9.95 Å². The van der Waals surface area contributed by atoms with Gasteiger partial charge in [0, 0.05) is 17.7 Å². The van der Waals surface area contributed by atoms with Gasteiger partial charge in [0.2, 0.25) is 5.88 Å². The number of halogens is 1. The van der Waals surface area contributed by atoms with Crippen LogP contribution in [-0.4, -0.2) is 15.7 Å². The van der Waals surface area contributed by atoms with Gasteiger partial charge in [0.15, 0.2) is 5.78 Å². The summed E-state index contributed by atoms with van der Waals surface area (Å²) >= 11 is 5.99. The number of nitro groups is 1. The average molecular weight is 293 g/mol. The lowest BCUT2D eigenvalue weighted by Crippen LogP contribution is -1.94. The molecule has 1 aromatic heterocycles. The maximum Gasteiger partial charge on any atom is 0.287 e. The zero-order chi connectivity index (χ0) is 14.7. The van der Waals surface area contributed by atoms with Crippen molar-refractivity contribution in [1.82, 2.24) is 4.98 Å². The summed E-state index contributed by atoms with van der Waals surface area (Å²) in [5.41, 5.74) is 0.342. The van der Waals surface area contributed by atoms with Gasteiger partial charge < -0.3 is 4.74 Å². The van der Waals surface area contributed by atoms with Crippen LogP contribution in [-0.2, 0) is 0 Å². The largest absolute Gasteiger partial charge is 0.437 e. The summed E-state index contributed by atoms with van der Waals surface area (Å²) < 4.78 is 5.40. The Hall–Kier alpha value is -2.47. The van der Waals surface area contributed by atoms with Crippen molar-refractivity contribution in [2.45, 2.75) is 6.92 Å². The topological polar surface area (TPSA) is 82.3 Å². The molecule has 0 atom stereocenters. The highest BCUT2D eigenvalue weighted by Crippen LogP contribution is 2.29. The summed E-state index contributed by atoms with van der Waals surface area (Å²) in [4.78, 5) is 24.9. The van der Waals surface area contributed by atoms with E-state index in [9.17, 15) is 14.9 Å². The fourth-order valence-corrected chi connectivity index (χ4v) is 1.68. The Morgan fingerprint density at radius 3 is 2.60 bits per heavy atom. The number of carbonyl (C=O) groups excluding carboxylic acids is 1. The Balaban J connectivity index is 2.21. The first-order valence-corrected chi connectivity index (χ1v) is 5.94. The van der Waals surface area contributed by atoms with Crippen molar-refractivity contribution in [1.29, 1.82) is 0 Å². The van der Waals surface area contributed by atoms with Crippen LogP contribution >= 0.6 is 11.6 Å². The molecule has 0 bridgehead atoms. The number of benzene rings is 1. The molecule has 6 nitrogen and oxygen atoms in total. The molecular formula is C13H9ClN2O4. The Labute approximate surface area is 119 Å². The lowest BCUT2D eigenvalue weighted by atomic mass is 10.1. The molecule has 1 heterocycles. The first-order valence-electron chi connectivity index (χ1n) is 5.56. The van der Waals surface area contributed by atoms with Crippen LogP contribution in [0.4, 0.5) is 5.69 Å². The van der Waals surface area contributed by atoms with Crippen molar-refractivity contribution >= 4 is 23.1 Å². The van der Waals surface area contributed by atoms with Gasteiger partial charge >= 0.3 is 0 Å².